The number of carbonyl (C=O) groups is 1. The first-order chi connectivity index (χ1) is 10.1. The summed E-state index contributed by atoms with van der Waals surface area (Å²) < 4.78 is 0. The quantitative estimate of drug-likeness (QED) is 0.789. The van der Waals surface area contributed by atoms with Crippen LogP contribution in [0, 0.1) is 11.3 Å². The third-order valence-corrected chi connectivity index (χ3v) is 4.52. The van der Waals surface area contributed by atoms with Gasteiger partial charge in [0.25, 0.3) is 5.91 Å². The molecule has 1 aliphatic rings. The summed E-state index contributed by atoms with van der Waals surface area (Å²) >= 11 is 0. The van der Waals surface area contributed by atoms with E-state index >= 15 is 0 Å². The van der Waals surface area contributed by atoms with Crippen molar-refractivity contribution in [2.45, 2.75) is 39.5 Å². The molecule has 0 aliphatic heterocycles. The fourth-order valence-corrected chi connectivity index (χ4v) is 2.93. The van der Waals surface area contributed by atoms with Crippen molar-refractivity contribution in [2.24, 2.45) is 11.3 Å². The van der Waals surface area contributed by atoms with Crippen molar-refractivity contribution in [2.75, 3.05) is 19.6 Å². The molecule has 2 N–H and O–H groups in total. The van der Waals surface area contributed by atoms with Crippen LogP contribution >= 0.6 is 0 Å². The second-order valence-corrected chi connectivity index (χ2v) is 6.93. The second-order valence-electron chi connectivity index (χ2n) is 6.93. The lowest BCUT2D eigenvalue weighted by Gasteiger charge is -2.34. The van der Waals surface area contributed by atoms with E-state index in [0.717, 1.165) is 24.6 Å². The SMILES string of the molecule is CC1(C)CCC(CNCCNC(=O)c2ccccc2)CC1. The highest BCUT2D eigenvalue weighted by atomic mass is 16.1. The van der Waals surface area contributed by atoms with Gasteiger partial charge in [-0.15, -0.1) is 0 Å². The minimum atomic E-state index is 0.0109. The lowest BCUT2D eigenvalue weighted by molar-refractivity contribution is 0.0953. The highest BCUT2D eigenvalue weighted by Gasteiger charge is 2.26. The Hall–Kier alpha value is -1.35. The molecule has 21 heavy (non-hydrogen) atoms. The Morgan fingerprint density at radius 3 is 2.48 bits per heavy atom. The van der Waals surface area contributed by atoms with Crippen LogP contribution in [0.15, 0.2) is 30.3 Å². The van der Waals surface area contributed by atoms with Crippen molar-refractivity contribution >= 4 is 5.91 Å². The number of benzene rings is 1. The number of hydrogen-bond acceptors (Lipinski definition) is 2. The molecule has 0 saturated heterocycles. The Kier molecular flexibility index (Phi) is 5.80. The predicted molar refractivity (Wildman–Crippen MR) is 87.4 cm³/mol. The van der Waals surface area contributed by atoms with Crippen molar-refractivity contribution in [3.63, 3.8) is 0 Å². The Morgan fingerprint density at radius 2 is 1.81 bits per heavy atom. The van der Waals surface area contributed by atoms with Gasteiger partial charge in [-0.2, -0.15) is 0 Å². The zero-order chi connectivity index (χ0) is 15.1. The fourth-order valence-electron chi connectivity index (χ4n) is 2.93. The van der Waals surface area contributed by atoms with Crippen LogP contribution < -0.4 is 10.6 Å². The maximum absolute atomic E-state index is 11.8. The molecule has 0 aromatic heterocycles. The monoisotopic (exact) mass is 288 g/mol. The first-order valence-corrected chi connectivity index (χ1v) is 8.11. The maximum Gasteiger partial charge on any atom is 0.251 e. The number of rotatable bonds is 6. The second kappa shape index (κ2) is 7.60. The summed E-state index contributed by atoms with van der Waals surface area (Å²) in [7, 11) is 0. The van der Waals surface area contributed by atoms with Gasteiger partial charge in [0.2, 0.25) is 0 Å². The molecular formula is C18H28N2O. The van der Waals surface area contributed by atoms with Crippen LogP contribution in [0.25, 0.3) is 0 Å². The molecule has 0 bridgehead atoms. The molecule has 116 valence electrons. The van der Waals surface area contributed by atoms with Crippen molar-refractivity contribution in [3.8, 4) is 0 Å². The largest absolute Gasteiger partial charge is 0.351 e. The van der Waals surface area contributed by atoms with Gasteiger partial charge in [0, 0.05) is 18.7 Å². The molecular weight excluding hydrogens is 260 g/mol. The molecule has 3 nitrogen and oxygen atoms in total. The number of hydrogen-bond donors (Lipinski definition) is 2. The minimum absolute atomic E-state index is 0.0109. The van der Waals surface area contributed by atoms with Gasteiger partial charge in [0.15, 0.2) is 0 Å². The number of carbonyl (C=O) groups excluding carboxylic acids is 1. The summed E-state index contributed by atoms with van der Waals surface area (Å²) in [6.45, 7) is 7.35. The molecule has 0 unspecified atom stereocenters. The fraction of sp³-hybridized carbons (Fsp3) is 0.611. The van der Waals surface area contributed by atoms with Gasteiger partial charge < -0.3 is 10.6 Å². The van der Waals surface area contributed by atoms with E-state index in [1.165, 1.54) is 25.7 Å². The van der Waals surface area contributed by atoms with E-state index in [-0.39, 0.29) is 5.91 Å². The summed E-state index contributed by atoms with van der Waals surface area (Å²) in [6.07, 6.45) is 5.33. The maximum atomic E-state index is 11.8. The minimum Gasteiger partial charge on any atom is -0.351 e. The Balaban J connectivity index is 1.56. The van der Waals surface area contributed by atoms with Crippen molar-refractivity contribution < 1.29 is 4.79 Å². The topological polar surface area (TPSA) is 41.1 Å². The lowest BCUT2D eigenvalue weighted by Crippen LogP contribution is -2.35. The Morgan fingerprint density at radius 1 is 1.14 bits per heavy atom. The van der Waals surface area contributed by atoms with Crippen molar-refractivity contribution in [3.05, 3.63) is 35.9 Å². The normalized spacial score (nSPS) is 18.4. The predicted octanol–water partition coefficient (Wildman–Crippen LogP) is 3.22. The highest BCUT2D eigenvalue weighted by molar-refractivity contribution is 5.94. The third-order valence-electron chi connectivity index (χ3n) is 4.52. The summed E-state index contributed by atoms with van der Waals surface area (Å²) in [5.74, 6) is 0.819. The van der Waals surface area contributed by atoms with Gasteiger partial charge >= 0.3 is 0 Å². The highest BCUT2D eigenvalue weighted by Crippen LogP contribution is 2.37. The Labute approximate surface area is 128 Å². The first kappa shape index (κ1) is 16.0. The molecule has 1 aliphatic carbocycles. The zero-order valence-electron chi connectivity index (χ0n) is 13.3. The molecule has 3 heteroatoms. The van der Waals surface area contributed by atoms with Crippen LogP contribution in [-0.2, 0) is 0 Å². The van der Waals surface area contributed by atoms with Gasteiger partial charge in [-0.1, -0.05) is 32.0 Å². The molecule has 1 saturated carbocycles. The van der Waals surface area contributed by atoms with Crippen LogP contribution in [0.4, 0.5) is 0 Å². The van der Waals surface area contributed by atoms with Gasteiger partial charge in [0.05, 0.1) is 0 Å². The van der Waals surface area contributed by atoms with E-state index in [9.17, 15) is 4.79 Å². The summed E-state index contributed by atoms with van der Waals surface area (Å²) in [5, 5.41) is 6.42. The average Bonchev–Trinajstić information content (AvgIpc) is 2.49. The Bertz CT molecular complexity index is 432. The van der Waals surface area contributed by atoms with Crippen LogP contribution in [-0.4, -0.2) is 25.5 Å². The van der Waals surface area contributed by atoms with Crippen molar-refractivity contribution in [1.29, 1.82) is 0 Å². The van der Waals surface area contributed by atoms with Crippen LogP contribution in [0.5, 0.6) is 0 Å². The molecule has 1 aromatic carbocycles. The van der Waals surface area contributed by atoms with Crippen LogP contribution in [0.1, 0.15) is 49.9 Å². The summed E-state index contributed by atoms with van der Waals surface area (Å²) in [4.78, 5) is 11.8. The van der Waals surface area contributed by atoms with Gasteiger partial charge in [-0.3, -0.25) is 4.79 Å². The molecule has 1 aromatic rings. The van der Waals surface area contributed by atoms with E-state index in [1.807, 2.05) is 30.3 Å². The molecule has 1 amide bonds. The van der Waals surface area contributed by atoms with E-state index in [2.05, 4.69) is 24.5 Å². The average molecular weight is 288 g/mol. The van der Waals surface area contributed by atoms with E-state index < -0.39 is 0 Å². The van der Waals surface area contributed by atoms with Gasteiger partial charge in [-0.25, -0.2) is 0 Å². The molecule has 0 atom stereocenters. The molecule has 0 spiro atoms. The molecule has 2 rings (SSSR count). The first-order valence-electron chi connectivity index (χ1n) is 8.11. The summed E-state index contributed by atoms with van der Waals surface area (Å²) in [5.41, 5.74) is 1.27. The lowest BCUT2D eigenvalue weighted by atomic mass is 9.73. The molecule has 1 fully saturated rings. The van der Waals surface area contributed by atoms with E-state index in [1.54, 1.807) is 0 Å². The smallest absolute Gasteiger partial charge is 0.251 e. The number of nitrogens with one attached hydrogen (secondary N) is 2. The molecule has 0 heterocycles. The van der Waals surface area contributed by atoms with E-state index in [0.29, 0.717) is 12.0 Å². The van der Waals surface area contributed by atoms with Crippen molar-refractivity contribution in [1.82, 2.24) is 10.6 Å². The number of amides is 1. The van der Waals surface area contributed by atoms with Gasteiger partial charge in [-0.05, 0) is 55.7 Å². The van der Waals surface area contributed by atoms with E-state index in [4.69, 9.17) is 0 Å². The van der Waals surface area contributed by atoms with Crippen LogP contribution in [0.3, 0.4) is 0 Å². The zero-order valence-corrected chi connectivity index (χ0v) is 13.3. The molecule has 0 radical (unpaired) electrons. The summed E-state index contributed by atoms with van der Waals surface area (Å²) in [6, 6.07) is 9.37. The third kappa shape index (κ3) is 5.50. The van der Waals surface area contributed by atoms with Crippen LogP contribution in [0.2, 0.25) is 0 Å². The van der Waals surface area contributed by atoms with Gasteiger partial charge in [0.1, 0.15) is 0 Å². The standard InChI is InChI=1S/C18H28N2O/c1-18(2)10-8-15(9-11-18)14-19-12-13-20-17(21)16-6-4-3-5-7-16/h3-7,15,19H,8-14H2,1-2H3,(H,20,21).